The van der Waals surface area contributed by atoms with Crippen LogP contribution in [0.3, 0.4) is 0 Å². The number of hydrogen-bond acceptors (Lipinski definition) is 3. The van der Waals surface area contributed by atoms with E-state index in [-0.39, 0.29) is 24.8 Å². The molecule has 1 amide bonds. The van der Waals surface area contributed by atoms with Crippen molar-refractivity contribution in [1.29, 1.82) is 0 Å². The monoisotopic (exact) mass is 548 g/mol. The molecule has 1 atom stereocenters. The number of nitrogens with zero attached hydrogens (tertiary/aromatic N) is 1. The fraction of sp³-hybridized carbons (Fsp3) is 0.258. The molecule has 3 aromatic carbocycles. The minimum absolute atomic E-state index is 0.0976. The zero-order valence-electron chi connectivity index (χ0n) is 21.2. The van der Waals surface area contributed by atoms with Crippen molar-refractivity contribution < 1.29 is 14.7 Å². The molecule has 0 fully saturated rings. The number of benzene rings is 3. The zero-order valence-corrected chi connectivity index (χ0v) is 22.7. The molecule has 0 aliphatic rings. The highest BCUT2D eigenvalue weighted by atomic mass is 35.5. The molecule has 5 nitrogen and oxygen atoms in total. The summed E-state index contributed by atoms with van der Waals surface area (Å²) in [6.45, 7) is 2.12. The van der Waals surface area contributed by atoms with Crippen molar-refractivity contribution in [3.05, 3.63) is 111 Å². The van der Waals surface area contributed by atoms with E-state index in [1.165, 1.54) is 11.1 Å². The number of aliphatic carboxylic acids is 1. The number of carbonyl (C=O) groups is 2. The molecule has 0 aliphatic heterocycles. The first-order valence-electron chi connectivity index (χ1n) is 12.7. The first-order valence-corrected chi connectivity index (χ1v) is 13.4. The molecule has 1 unspecified atom stereocenters. The summed E-state index contributed by atoms with van der Waals surface area (Å²) in [5.74, 6) is -0.999. The van der Waals surface area contributed by atoms with E-state index in [0.717, 1.165) is 52.7 Å². The number of carbonyl (C=O) groups excluding carboxylic acids is 1. The fourth-order valence-corrected chi connectivity index (χ4v) is 5.17. The van der Waals surface area contributed by atoms with Gasteiger partial charge < -0.3 is 10.4 Å². The Morgan fingerprint density at radius 2 is 1.71 bits per heavy atom. The highest BCUT2D eigenvalue weighted by Crippen LogP contribution is 2.32. The van der Waals surface area contributed by atoms with Crippen LogP contribution >= 0.6 is 23.2 Å². The summed E-state index contributed by atoms with van der Waals surface area (Å²) in [5.41, 5.74) is 6.10. The zero-order chi connectivity index (χ0) is 27.1. The third-order valence-electron chi connectivity index (χ3n) is 6.76. The van der Waals surface area contributed by atoms with Gasteiger partial charge in [0.05, 0.1) is 11.9 Å². The van der Waals surface area contributed by atoms with Crippen LogP contribution in [-0.2, 0) is 17.6 Å². The smallest absolute Gasteiger partial charge is 0.305 e. The topological polar surface area (TPSA) is 79.3 Å². The second kappa shape index (κ2) is 12.9. The summed E-state index contributed by atoms with van der Waals surface area (Å²) < 4.78 is 0. The van der Waals surface area contributed by atoms with Crippen molar-refractivity contribution in [2.24, 2.45) is 0 Å². The molecule has 38 heavy (non-hydrogen) atoms. The SMILES string of the molecule is Cc1cc(Cl)cc2c(CC(CCCc3ccc(Cl)cc3)c3ccc(C(=O)NCCC(=O)O)cc3)ccnc12. The second-order valence-corrected chi connectivity index (χ2v) is 10.4. The lowest BCUT2D eigenvalue weighted by Crippen LogP contribution is -2.25. The number of carboxylic acids is 1. The molecule has 1 aromatic heterocycles. The summed E-state index contributed by atoms with van der Waals surface area (Å²) in [7, 11) is 0. The highest BCUT2D eigenvalue weighted by molar-refractivity contribution is 6.31. The molecule has 2 N–H and O–H groups in total. The maximum Gasteiger partial charge on any atom is 0.305 e. The molecular formula is C31H30Cl2N2O3. The lowest BCUT2D eigenvalue weighted by atomic mass is 9.86. The predicted octanol–water partition coefficient (Wildman–Crippen LogP) is 7.40. The Kier molecular flexibility index (Phi) is 9.38. The van der Waals surface area contributed by atoms with Gasteiger partial charge in [-0.15, -0.1) is 0 Å². The fourth-order valence-electron chi connectivity index (χ4n) is 4.77. The van der Waals surface area contributed by atoms with Crippen LogP contribution in [0.2, 0.25) is 10.0 Å². The van der Waals surface area contributed by atoms with Gasteiger partial charge in [0.2, 0.25) is 0 Å². The highest BCUT2D eigenvalue weighted by Gasteiger charge is 2.17. The maximum absolute atomic E-state index is 12.4. The lowest BCUT2D eigenvalue weighted by Gasteiger charge is -2.20. The summed E-state index contributed by atoms with van der Waals surface area (Å²) in [6, 6.07) is 21.6. The van der Waals surface area contributed by atoms with Gasteiger partial charge in [-0.25, -0.2) is 0 Å². The molecule has 0 saturated heterocycles. The van der Waals surface area contributed by atoms with Gasteiger partial charge >= 0.3 is 5.97 Å². The van der Waals surface area contributed by atoms with Crippen molar-refractivity contribution in [2.45, 2.75) is 44.9 Å². The molecule has 0 spiro atoms. The van der Waals surface area contributed by atoms with Gasteiger partial charge in [0.15, 0.2) is 0 Å². The maximum atomic E-state index is 12.4. The van der Waals surface area contributed by atoms with Gasteiger partial charge in [-0.05, 0) is 103 Å². The Hall–Kier alpha value is -3.41. The third kappa shape index (κ3) is 7.33. The largest absolute Gasteiger partial charge is 0.481 e. The van der Waals surface area contributed by atoms with E-state index >= 15 is 0 Å². The molecule has 0 radical (unpaired) electrons. The van der Waals surface area contributed by atoms with E-state index in [0.29, 0.717) is 10.6 Å². The number of carboxylic acid groups (broad SMARTS) is 1. The van der Waals surface area contributed by atoms with E-state index in [1.807, 2.05) is 61.7 Å². The van der Waals surface area contributed by atoms with Crippen LogP contribution in [0.25, 0.3) is 10.9 Å². The quantitative estimate of drug-likeness (QED) is 0.204. The Morgan fingerprint density at radius 1 is 0.974 bits per heavy atom. The first-order chi connectivity index (χ1) is 18.3. The Balaban J connectivity index is 1.56. The number of rotatable bonds is 11. The Morgan fingerprint density at radius 3 is 2.42 bits per heavy atom. The van der Waals surface area contributed by atoms with Gasteiger partial charge in [-0.3, -0.25) is 14.6 Å². The molecule has 0 saturated carbocycles. The van der Waals surface area contributed by atoms with Gasteiger partial charge in [-0.2, -0.15) is 0 Å². The number of fused-ring (bicyclic) bond motifs is 1. The molecule has 4 rings (SSSR count). The van der Waals surface area contributed by atoms with Crippen molar-refractivity contribution in [3.8, 4) is 0 Å². The average molecular weight is 549 g/mol. The normalized spacial score (nSPS) is 11.9. The average Bonchev–Trinajstić information content (AvgIpc) is 2.89. The van der Waals surface area contributed by atoms with E-state index in [9.17, 15) is 9.59 Å². The van der Waals surface area contributed by atoms with Crippen LogP contribution in [0.15, 0.2) is 72.9 Å². The van der Waals surface area contributed by atoms with E-state index in [2.05, 4.69) is 28.5 Å². The van der Waals surface area contributed by atoms with Gasteiger partial charge in [0.1, 0.15) is 0 Å². The number of halogens is 2. The van der Waals surface area contributed by atoms with Crippen LogP contribution in [0.5, 0.6) is 0 Å². The van der Waals surface area contributed by atoms with E-state index < -0.39 is 5.97 Å². The minimum atomic E-state index is -0.942. The van der Waals surface area contributed by atoms with Gasteiger partial charge in [-0.1, -0.05) is 47.5 Å². The van der Waals surface area contributed by atoms with Crippen LogP contribution < -0.4 is 5.32 Å². The van der Waals surface area contributed by atoms with Crippen molar-refractivity contribution in [1.82, 2.24) is 10.3 Å². The number of aryl methyl sites for hydroxylation is 2. The third-order valence-corrected chi connectivity index (χ3v) is 7.23. The minimum Gasteiger partial charge on any atom is -0.481 e. The van der Waals surface area contributed by atoms with Crippen molar-refractivity contribution in [3.63, 3.8) is 0 Å². The number of hydrogen-bond donors (Lipinski definition) is 2. The Bertz CT molecular complexity index is 1420. The molecule has 7 heteroatoms. The molecule has 0 bridgehead atoms. The molecule has 0 aliphatic carbocycles. The van der Waals surface area contributed by atoms with Crippen LogP contribution in [0.4, 0.5) is 0 Å². The van der Waals surface area contributed by atoms with Gasteiger partial charge in [0, 0.05) is 33.7 Å². The van der Waals surface area contributed by atoms with Crippen LogP contribution in [0.1, 0.15) is 57.8 Å². The Labute approximate surface area is 232 Å². The van der Waals surface area contributed by atoms with Crippen molar-refractivity contribution in [2.75, 3.05) is 6.54 Å². The summed E-state index contributed by atoms with van der Waals surface area (Å²) in [6.07, 6.45) is 5.45. The number of aromatic nitrogens is 1. The second-order valence-electron chi connectivity index (χ2n) is 9.53. The van der Waals surface area contributed by atoms with Crippen LogP contribution in [0, 0.1) is 6.92 Å². The molecule has 4 aromatic rings. The van der Waals surface area contributed by atoms with E-state index in [1.54, 1.807) is 0 Å². The number of amides is 1. The number of pyridine rings is 1. The summed E-state index contributed by atoms with van der Waals surface area (Å²) >= 11 is 12.4. The van der Waals surface area contributed by atoms with E-state index in [4.69, 9.17) is 28.3 Å². The molecule has 196 valence electrons. The van der Waals surface area contributed by atoms with Crippen LogP contribution in [-0.4, -0.2) is 28.5 Å². The predicted molar refractivity (Wildman–Crippen MR) is 153 cm³/mol. The molecule has 1 heterocycles. The standard InChI is InChI=1S/C31H30Cl2N2O3/c1-20-17-27(33)19-28-25(13-15-34-30(20)28)18-24(4-2-3-21-5-11-26(32)12-6-21)22-7-9-23(10-8-22)31(38)35-16-14-29(36)37/h5-13,15,17,19,24H,2-4,14,16,18H2,1H3,(H,35,38)(H,36,37). The van der Waals surface area contributed by atoms with Crippen molar-refractivity contribution >= 4 is 46.0 Å². The lowest BCUT2D eigenvalue weighted by molar-refractivity contribution is -0.136. The number of nitrogens with one attached hydrogen (secondary N) is 1. The molecular weight excluding hydrogens is 519 g/mol. The summed E-state index contributed by atoms with van der Waals surface area (Å²) in [4.78, 5) is 27.7. The van der Waals surface area contributed by atoms with Gasteiger partial charge in [0.25, 0.3) is 5.91 Å². The first kappa shape index (κ1) is 27.6. The summed E-state index contributed by atoms with van der Waals surface area (Å²) in [5, 5.41) is 14.0.